The largest absolute Gasteiger partial charge is 0.483 e. The zero-order valence-corrected chi connectivity index (χ0v) is 20.6. The maximum Gasteiger partial charge on any atom is 0.285 e. The minimum absolute atomic E-state index is 0.167. The molecule has 2 heterocycles. The van der Waals surface area contributed by atoms with Gasteiger partial charge in [-0.05, 0) is 48.6 Å². The molecule has 2 amide bonds. The van der Waals surface area contributed by atoms with Crippen molar-refractivity contribution in [2.45, 2.75) is 0 Å². The van der Waals surface area contributed by atoms with Gasteiger partial charge in [0.1, 0.15) is 5.75 Å². The van der Waals surface area contributed by atoms with Crippen LogP contribution in [0.1, 0.15) is 5.56 Å². The topological polar surface area (TPSA) is 83.6 Å². The van der Waals surface area contributed by atoms with Crippen molar-refractivity contribution >= 4 is 78.6 Å². The molecule has 1 aliphatic heterocycles. The Morgan fingerprint density at radius 3 is 2.60 bits per heavy atom. The second kappa shape index (κ2) is 10.3. The number of hydrazine groups is 1. The minimum atomic E-state index is -0.282. The first-order valence-corrected chi connectivity index (χ1v) is 12.6. The summed E-state index contributed by atoms with van der Waals surface area (Å²) in [7, 11) is 0. The van der Waals surface area contributed by atoms with E-state index in [1.54, 1.807) is 24.3 Å². The second-order valence-corrected chi connectivity index (χ2v) is 10.1. The zero-order valence-electron chi connectivity index (χ0n) is 18.1. The number of carbonyl (C=O) groups is 2. The number of benzene rings is 3. The molecule has 1 saturated heterocycles. The molecule has 0 unspecified atom stereocenters. The molecule has 2 N–H and O–H groups in total. The van der Waals surface area contributed by atoms with Gasteiger partial charge in [-0.3, -0.25) is 15.0 Å². The van der Waals surface area contributed by atoms with Crippen molar-refractivity contribution in [2.24, 2.45) is 0 Å². The quantitative estimate of drug-likeness (QED) is 0.245. The van der Waals surface area contributed by atoms with E-state index in [4.69, 9.17) is 17.0 Å². The van der Waals surface area contributed by atoms with Crippen LogP contribution in [0.15, 0.2) is 83.8 Å². The number of rotatable bonds is 7. The molecule has 7 nitrogen and oxygen atoms in total. The standard InChI is InChI=1S/C25H18N4O3S3/c30-22(26-17-9-2-1-3-10-17)15-32-19-12-6-4-8-16(19)14-21-23(31)29(25(33)35-21)28-24-27-18-11-5-7-13-20(18)34-24/h1-14H,15H2,(H,26,30)(H,27,28)/b21-14-. The highest BCUT2D eigenvalue weighted by Gasteiger charge is 2.33. The molecule has 10 heteroatoms. The van der Waals surface area contributed by atoms with Crippen LogP contribution in [0, 0.1) is 0 Å². The molecule has 3 aromatic carbocycles. The summed E-state index contributed by atoms with van der Waals surface area (Å²) in [6.07, 6.45) is 1.71. The first-order valence-electron chi connectivity index (χ1n) is 10.5. The van der Waals surface area contributed by atoms with E-state index >= 15 is 0 Å². The summed E-state index contributed by atoms with van der Waals surface area (Å²) in [5.74, 6) is -0.0756. The molecule has 174 valence electrons. The lowest BCUT2D eigenvalue weighted by Crippen LogP contribution is -2.33. The van der Waals surface area contributed by atoms with Gasteiger partial charge in [-0.1, -0.05) is 71.6 Å². The number of thiazole rings is 1. The Morgan fingerprint density at radius 1 is 1.03 bits per heavy atom. The van der Waals surface area contributed by atoms with Crippen LogP contribution in [0.25, 0.3) is 16.3 Å². The first-order chi connectivity index (χ1) is 17.1. The van der Waals surface area contributed by atoms with Crippen LogP contribution in [0.5, 0.6) is 5.75 Å². The van der Waals surface area contributed by atoms with E-state index in [-0.39, 0.29) is 18.4 Å². The third-order valence-corrected chi connectivity index (χ3v) is 7.16. The van der Waals surface area contributed by atoms with Gasteiger partial charge < -0.3 is 10.1 Å². The van der Waals surface area contributed by atoms with Crippen molar-refractivity contribution in [3.63, 3.8) is 0 Å². The summed E-state index contributed by atoms with van der Waals surface area (Å²) >= 11 is 8.06. The van der Waals surface area contributed by atoms with Crippen LogP contribution < -0.4 is 15.5 Å². The molecule has 1 fully saturated rings. The number of amides is 2. The Balaban J connectivity index is 1.28. The molecule has 0 spiro atoms. The molecule has 0 saturated carbocycles. The van der Waals surface area contributed by atoms with E-state index in [9.17, 15) is 9.59 Å². The van der Waals surface area contributed by atoms with E-state index in [0.717, 1.165) is 10.2 Å². The van der Waals surface area contributed by atoms with E-state index < -0.39 is 0 Å². The smallest absolute Gasteiger partial charge is 0.285 e. The Kier molecular flexibility index (Phi) is 6.75. The lowest BCUT2D eigenvalue weighted by Gasteiger charge is -2.14. The van der Waals surface area contributed by atoms with Crippen LogP contribution in [0.3, 0.4) is 0 Å². The molecule has 35 heavy (non-hydrogen) atoms. The van der Waals surface area contributed by atoms with Gasteiger partial charge in [-0.15, -0.1) is 0 Å². The van der Waals surface area contributed by atoms with Crippen LogP contribution in [-0.2, 0) is 9.59 Å². The summed E-state index contributed by atoms with van der Waals surface area (Å²) in [4.78, 5) is 30.3. The van der Waals surface area contributed by atoms with Crippen LogP contribution in [0.4, 0.5) is 10.8 Å². The molecule has 0 aliphatic carbocycles. The highest BCUT2D eigenvalue weighted by Crippen LogP contribution is 2.35. The number of nitrogens with zero attached hydrogens (tertiary/aromatic N) is 2. The van der Waals surface area contributed by atoms with E-state index in [1.807, 2.05) is 60.7 Å². The predicted octanol–water partition coefficient (Wildman–Crippen LogP) is 5.54. The van der Waals surface area contributed by atoms with Gasteiger partial charge in [-0.2, -0.15) is 5.01 Å². The van der Waals surface area contributed by atoms with Crippen molar-refractivity contribution in [3.8, 4) is 5.75 Å². The van der Waals surface area contributed by atoms with Crippen LogP contribution in [-0.4, -0.2) is 32.7 Å². The lowest BCUT2D eigenvalue weighted by molar-refractivity contribution is -0.121. The number of para-hydroxylation sites is 3. The summed E-state index contributed by atoms with van der Waals surface area (Å²) in [6, 6.07) is 24.1. The van der Waals surface area contributed by atoms with Crippen LogP contribution in [0.2, 0.25) is 0 Å². The molecule has 0 bridgehead atoms. The fraction of sp³-hybridized carbons (Fsp3) is 0.0400. The first kappa shape index (κ1) is 23.0. The van der Waals surface area contributed by atoms with Crippen molar-refractivity contribution in [2.75, 3.05) is 17.3 Å². The number of carbonyl (C=O) groups excluding carboxylic acids is 2. The summed E-state index contributed by atoms with van der Waals surface area (Å²) in [5.41, 5.74) is 5.24. The molecule has 4 aromatic rings. The van der Waals surface area contributed by atoms with Gasteiger partial charge in [0.05, 0.1) is 15.1 Å². The van der Waals surface area contributed by atoms with Gasteiger partial charge in [-0.25, -0.2) is 4.98 Å². The minimum Gasteiger partial charge on any atom is -0.483 e. The SMILES string of the molecule is O=C(COc1ccccc1/C=C1\SC(=S)N(Nc2nc3ccccc3s2)C1=O)Nc1ccccc1. The fourth-order valence-electron chi connectivity index (χ4n) is 3.31. The molecule has 1 aromatic heterocycles. The van der Waals surface area contributed by atoms with Gasteiger partial charge in [0.25, 0.3) is 11.8 Å². The Bertz CT molecular complexity index is 1420. The Morgan fingerprint density at radius 2 is 1.77 bits per heavy atom. The molecular weight excluding hydrogens is 501 g/mol. The summed E-state index contributed by atoms with van der Waals surface area (Å²) in [6.45, 7) is -0.167. The van der Waals surface area contributed by atoms with Crippen molar-refractivity contribution in [1.82, 2.24) is 9.99 Å². The van der Waals surface area contributed by atoms with Crippen LogP contribution >= 0.6 is 35.3 Å². The summed E-state index contributed by atoms with van der Waals surface area (Å²) in [5, 5.41) is 4.68. The normalized spacial score (nSPS) is 14.5. The number of ether oxygens (including phenoxy) is 1. The maximum atomic E-state index is 13.1. The van der Waals surface area contributed by atoms with E-state index in [0.29, 0.717) is 31.4 Å². The van der Waals surface area contributed by atoms with Gasteiger partial charge in [0.2, 0.25) is 5.13 Å². The Hall–Kier alpha value is -3.73. The van der Waals surface area contributed by atoms with Crippen molar-refractivity contribution in [1.29, 1.82) is 0 Å². The second-order valence-electron chi connectivity index (χ2n) is 7.36. The number of thioether (sulfide) groups is 1. The third kappa shape index (κ3) is 5.35. The molecule has 1 aliphatic rings. The number of fused-ring (bicyclic) bond motifs is 1. The lowest BCUT2D eigenvalue weighted by atomic mass is 10.2. The number of anilines is 2. The van der Waals surface area contributed by atoms with E-state index in [2.05, 4.69) is 15.7 Å². The van der Waals surface area contributed by atoms with Gasteiger partial charge in [0, 0.05) is 11.3 Å². The number of hydrogen-bond acceptors (Lipinski definition) is 8. The predicted molar refractivity (Wildman–Crippen MR) is 145 cm³/mol. The summed E-state index contributed by atoms with van der Waals surface area (Å²) < 4.78 is 7.14. The fourth-order valence-corrected chi connectivity index (χ4v) is 5.34. The third-order valence-electron chi connectivity index (χ3n) is 4.92. The highest BCUT2D eigenvalue weighted by molar-refractivity contribution is 8.26. The number of thiocarbonyl (C=S) groups is 1. The highest BCUT2D eigenvalue weighted by atomic mass is 32.2. The Labute approximate surface area is 214 Å². The van der Waals surface area contributed by atoms with Crippen molar-refractivity contribution < 1.29 is 14.3 Å². The monoisotopic (exact) mass is 518 g/mol. The zero-order chi connectivity index (χ0) is 24.2. The maximum absolute atomic E-state index is 13.1. The molecule has 5 rings (SSSR count). The average Bonchev–Trinajstić information content (AvgIpc) is 3.40. The number of hydrogen-bond donors (Lipinski definition) is 2. The van der Waals surface area contributed by atoms with Gasteiger partial charge in [0.15, 0.2) is 10.9 Å². The average molecular weight is 519 g/mol. The van der Waals surface area contributed by atoms with Gasteiger partial charge >= 0.3 is 0 Å². The van der Waals surface area contributed by atoms with E-state index in [1.165, 1.54) is 28.1 Å². The van der Waals surface area contributed by atoms with Crippen molar-refractivity contribution in [3.05, 3.63) is 89.3 Å². The number of nitrogens with one attached hydrogen (secondary N) is 2. The molecule has 0 radical (unpaired) electrons. The number of aromatic nitrogens is 1. The molecule has 0 atom stereocenters. The molecular formula is C25H18N4O3S3.